The molecule has 0 bridgehead atoms. The van der Waals surface area contributed by atoms with Crippen molar-refractivity contribution in [3.05, 3.63) is 27.4 Å². The molecule has 1 atom stereocenters. The minimum atomic E-state index is -3.87. The quantitative estimate of drug-likeness (QED) is 0.739. The van der Waals surface area contributed by atoms with E-state index in [0.29, 0.717) is 36.3 Å². The lowest BCUT2D eigenvalue weighted by molar-refractivity contribution is 0.250. The normalized spacial score (nSPS) is 18.8. The van der Waals surface area contributed by atoms with Crippen LogP contribution < -0.4 is 5.73 Å². The lowest BCUT2D eigenvalue weighted by Crippen LogP contribution is -2.42. The molecule has 22 heavy (non-hydrogen) atoms. The molecule has 1 saturated heterocycles. The van der Waals surface area contributed by atoms with Crippen LogP contribution in [0.1, 0.15) is 19.8 Å². The number of nitrogens with zero attached hydrogens (tertiary/aromatic N) is 1. The van der Waals surface area contributed by atoms with E-state index in [2.05, 4.69) is 15.9 Å². The topological polar surface area (TPSA) is 63.4 Å². The van der Waals surface area contributed by atoms with Crippen molar-refractivity contribution < 1.29 is 12.8 Å². The molecule has 1 fully saturated rings. The summed E-state index contributed by atoms with van der Waals surface area (Å²) >= 11 is 8.95. The number of nitrogens with two attached hydrogens (primary N) is 1. The fraction of sp³-hybridized carbons (Fsp3) is 0.538. The van der Waals surface area contributed by atoms with Crippen molar-refractivity contribution in [2.45, 2.75) is 30.7 Å². The molecule has 0 aromatic heterocycles. The molecule has 9 heteroatoms. The minimum absolute atomic E-state index is 0. The zero-order valence-electron chi connectivity index (χ0n) is 11.9. The van der Waals surface area contributed by atoms with Crippen molar-refractivity contribution >= 4 is 50.0 Å². The van der Waals surface area contributed by atoms with Gasteiger partial charge in [-0.25, -0.2) is 12.8 Å². The predicted octanol–water partition coefficient (Wildman–Crippen LogP) is 3.41. The Hall–Kier alpha value is 0.0800. The number of hydrogen-bond donors (Lipinski definition) is 1. The summed E-state index contributed by atoms with van der Waals surface area (Å²) in [4.78, 5) is -0.380. The second-order valence-corrected chi connectivity index (χ2v) is 8.47. The first-order chi connectivity index (χ1) is 9.73. The molecule has 0 radical (unpaired) electrons. The van der Waals surface area contributed by atoms with Gasteiger partial charge in [0.25, 0.3) is 0 Å². The summed E-state index contributed by atoms with van der Waals surface area (Å²) in [6.07, 6.45) is 1.37. The highest BCUT2D eigenvalue weighted by Gasteiger charge is 2.32. The average molecular weight is 436 g/mol. The molecule has 1 aromatic rings. The molecule has 126 valence electrons. The third kappa shape index (κ3) is 4.13. The molecule has 0 saturated carbocycles. The summed E-state index contributed by atoms with van der Waals surface area (Å²) in [5, 5.41) is 0.167. The van der Waals surface area contributed by atoms with Crippen molar-refractivity contribution in [3.63, 3.8) is 0 Å². The Morgan fingerprint density at radius 3 is 2.45 bits per heavy atom. The van der Waals surface area contributed by atoms with E-state index < -0.39 is 15.8 Å². The van der Waals surface area contributed by atoms with Gasteiger partial charge in [0.05, 0.1) is 5.02 Å². The maximum atomic E-state index is 14.0. The fourth-order valence-electron chi connectivity index (χ4n) is 2.48. The first-order valence-corrected chi connectivity index (χ1v) is 9.25. The van der Waals surface area contributed by atoms with Crippen LogP contribution in [0.5, 0.6) is 0 Å². The first kappa shape index (κ1) is 20.1. The van der Waals surface area contributed by atoms with Crippen LogP contribution in [0.2, 0.25) is 5.02 Å². The van der Waals surface area contributed by atoms with Gasteiger partial charge in [-0.15, -0.1) is 12.4 Å². The first-order valence-electron chi connectivity index (χ1n) is 6.63. The predicted molar refractivity (Wildman–Crippen MR) is 91.5 cm³/mol. The Bertz CT molecular complexity index is 635. The summed E-state index contributed by atoms with van der Waals surface area (Å²) in [5.41, 5.74) is 5.84. The number of piperidine rings is 1. The van der Waals surface area contributed by atoms with E-state index in [9.17, 15) is 12.8 Å². The van der Waals surface area contributed by atoms with E-state index in [-0.39, 0.29) is 28.4 Å². The van der Waals surface area contributed by atoms with Crippen molar-refractivity contribution in [3.8, 4) is 0 Å². The highest BCUT2D eigenvalue weighted by molar-refractivity contribution is 9.10. The number of sulfonamides is 1. The molecule has 4 nitrogen and oxygen atoms in total. The Kier molecular flexibility index (Phi) is 7.11. The van der Waals surface area contributed by atoms with E-state index in [4.69, 9.17) is 17.3 Å². The molecule has 0 amide bonds. The summed E-state index contributed by atoms with van der Waals surface area (Å²) in [6, 6.07) is 2.26. The zero-order chi connectivity index (χ0) is 15.8. The Labute approximate surface area is 149 Å². The average Bonchev–Trinajstić information content (AvgIpc) is 2.42. The van der Waals surface area contributed by atoms with Crippen molar-refractivity contribution in [2.75, 3.05) is 13.1 Å². The van der Waals surface area contributed by atoms with Gasteiger partial charge >= 0.3 is 0 Å². The smallest absolute Gasteiger partial charge is 0.246 e. The number of halogens is 4. The van der Waals surface area contributed by atoms with Gasteiger partial charge in [0.15, 0.2) is 0 Å². The highest BCUT2D eigenvalue weighted by Crippen LogP contribution is 2.31. The maximum Gasteiger partial charge on any atom is 0.246 e. The van der Waals surface area contributed by atoms with E-state index in [1.807, 2.05) is 6.92 Å². The zero-order valence-corrected chi connectivity index (χ0v) is 15.9. The fourth-order valence-corrected chi connectivity index (χ4v) is 4.57. The molecule has 1 aliphatic rings. The molecule has 1 aromatic carbocycles. The van der Waals surface area contributed by atoms with Gasteiger partial charge in [0, 0.05) is 23.6 Å². The molecule has 0 aliphatic carbocycles. The molecule has 2 N–H and O–H groups in total. The molecule has 1 aliphatic heterocycles. The van der Waals surface area contributed by atoms with Gasteiger partial charge < -0.3 is 5.73 Å². The monoisotopic (exact) mass is 434 g/mol. The number of hydrogen-bond acceptors (Lipinski definition) is 3. The lowest BCUT2D eigenvalue weighted by atomic mass is 9.92. The summed E-state index contributed by atoms with van der Waals surface area (Å²) < 4.78 is 40.7. The van der Waals surface area contributed by atoms with Crippen molar-refractivity contribution in [1.29, 1.82) is 0 Å². The SMILES string of the molecule is CC(N)C1CCN(S(=O)(=O)c2cc(Cl)c(Br)cc2F)CC1.Cl. The lowest BCUT2D eigenvalue weighted by Gasteiger charge is -2.33. The maximum absolute atomic E-state index is 14.0. The third-order valence-electron chi connectivity index (χ3n) is 3.83. The second-order valence-electron chi connectivity index (χ2n) is 5.30. The van der Waals surface area contributed by atoms with Crippen molar-refractivity contribution in [1.82, 2.24) is 4.31 Å². The molecule has 1 heterocycles. The number of benzene rings is 1. The van der Waals surface area contributed by atoms with Crippen LogP contribution in [-0.2, 0) is 10.0 Å². The molecular formula is C13H18BrCl2FN2O2S. The van der Waals surface area contributed by atoms with Crippen molar-refractivity contribution in [2.24, 2.45) is 11.7 Å². The largest absolute Gasteiger partial charge is 0.328 e. The second kappa shape index (κ2) is 7.77. The van der Waals surface area contributed by atoms with Crippen LogP contribution in [0.3, 0.4) is 0 Å². The standard InChI is InChI=1S/C13H17BrClFN2O2S.ClH/c1-8(17)9-2-4-18(5-3-9)21(19,20)13-7-11(15)10(14)6-12(13)16;/h6-9H,2-5,17H2,1H3;1H. The summed E-state index contributed by atoms with van der Waals surface area (Å²) in [7, 11) is -3.87. The van der Waals surface area contributed by atoms with Crippen LogP contribution in [0.25, 0.3) is 0 Å². The molecule has 2 rings (SSSR count). The van der Waals surface area contributed by atoms with Crippen LogP contribution in [0, 0.1) is 11.7 Å². The highest BCUT2D eigenvalue weighted by atomic mass is 79.9. The summed E-state index contributed by atoms with van der Waals surface area (Å²) in [5.74, 6) is -0.504. The van der Waals surface area contributed by atoms with E-state index in [0.717, 1.165) is 12.1 Å². The molecule has 1 unspecified atom stereocenters. The van der Waals surface area contributed by atoms with Gasteiger partial charge in [0.2, 0.25) is 10.0 Å². The van der Waals surface area contributed by atoms with Gasteiger partial charge in [0.1, 0.15) is 10.7 Å². The minimum Gasteiger partial charge on any atom is -0.328 e. The molecular weight excluding hydrogens is 418 g/mol. The Morgan fingerprint density at radius 2 is 1.95 bits per heavy atom. The molecule has 0 spiro atoms. The Balaban J connectivity index is 0.00000242. The Morgan fingerprint density at radius 1 is 1.41 bits per heavy atom. The van der Waals surface area contributed by atoms with Gasteiger partial charge in [-0.1, -0.05) is 11.6 Å². The van der Waals surface area contributed by atoms with Crippen LogP contribution in [-0.4, -0.2) is 31.9 Å². The third-order valence-corrected chi connectivity index (χ3v) is 6.95. The van der Waals surface area contributed by atoms with E-state index >= 15 is 0 Å². The number of rotatable bonds is 3. The summed E-state index contributed by atoms with van der Waals surface area (Å²) in [6.45, 7) is 2.62. The van der Waals surface area contributed by atoms with Gasteiger partial charge in [-0.2, -0.15) is 4.31 Å². The van der Waals surface area contributed by atoms with Crippen LogP contribution >= 0.6 is 39.9 Å². The van der Waals surface area contributed by atoms with Gasteiger partial charge in [-0.05, 0) is 53.7 Å². The van der Waals surface area contributed by atoms with Gasteiger partial charge in [-0.3, -0.25) is 0 Å². The van der Waals surface area contributed by atoms with Crippen LogP contribution in [0.4, 0.5) is 4.39 Å². The van der Waals surface area contributed by atoms with E-state index in [1.165, 1.54) is 4.31 Å². The van der Waals surface area contributed by atoms with Crippen LogP contribution in [0.15, 0.2) is 21.5 Å². The van der Waals surface area contributed by atoms with E-state index in [1.54, 1.807) is 0 Å².